The molecule has 0 aromatic heterocycles. The minimum absolute atomic E-state index is 0.322. The Morgan fingerprint density at radius 3 is 2.90 bits per heavy atom. The third-order valence-electron chi connectivity index (χ3n) is 4.38. The lowest BCUT2D eigenvalue weighted by molar-refractivity contribution is 0.283. The Balaban J connectivity index is 1.93. The third-order valence-corrected chi connectivity index (χ3v) is 4.38. The lowest BCUT2D eigenvalue weighted by atomic mass is 10.0. The van der Waals surface area contributed by atoms with Gasteiger partial charge in [0.15, 0.2) is 0 Å². The molecule has 2 N–H and O–H groups in total. The summed E-state index contributed by atoms with van der Waals surface area (Å²) in [5.74, 6) is 0. The van der Waals surface area contributed by atoms with Gasteiger partial charge in [0.25, 0.3) is 0 Å². The van der Waals surface area contributed by atoms with Gasteiger partial charge in [-0.15, -0.1) is 0 Å². The molecule has 2 rings (SSSR count). The first-order valence-corrected chi connectivity index (χ1v) is 8.48. The number of fused-ring (bicyclic) bond motifs is 1. The van der Waals surface area contributed by atoms with Crippen molar-refractivity contribution in [3.8, 4) is 0 Å². The van der Waals surface area contributed by atoms with Crippen LogP contribution in [0.25, 0.3) is 0 Å². The number of aliphatic hydroxyl groups is 1. The summed E-state index contributed by atoms with van der Waals surface area (Å²) in [4.78, 5) is 2.50. The number of benzene rings is 1. The smallest absolute Gasteiger partial charge is 0.0431 e. The second-order valence-electron chi connectivity index (χ2n) is 6.09. The zero-order chi connectivity index (χ0) is 15.1. The van der Waals surface area contributed by atoms with E-state index in [0.717, 1.165) is 32.5 Å². The molecule has 0 spiro atoms. The topological polar surface area (TPSA) is 35.5 Å². The molecule has 0 saturated heterocycles. The number of rotatable bonds is 9. The molecule has 0 aliphatic carbocycles. The van der Waals surface area contributed by atoms with Crippen LogP contribution in [0.4, 0.5) is 5.69 Å². The molecular formula is C18H30N2O. The van der Waals surface area contributed by atoms with Crippen molar-refractivity contribution in [3.63, 3.8) is 0 Å². The van der Waals surface area contributed by atoms with Crippen LogP contribution in [-0.2, 0) is 6.42 Å². The van der Waals surface area contributed by atoms with Gasteiger partial charge in [0.05, 0.1) is 0 Å². The Morgan fingerprint density at radius 1 is 1.29 bits per heavy atom. The van der Waals surface area contributed by atoms with E-state index < -0.39 is 0 Å². The van der Waals surface area contributed by atoms with Crippen LogP contribution >= 0.6 is 0 Å². The van der Waals surface area contributed by atoms with Gasteiger partial charge in [0, 0.05) is 31.4 Å². The molecule has 0 radical (unpaired) electrons. The molecule has 1 atom stereocenters. The van der Waals surface area contributed by atoms with Gasteiger partial charge in [0.2, 0.25) is 0 Å². The Bertz CT molecular complexity index is 433. The van der Waals surface area contributed by atoms with Crippen LogP contribution in [0.1, 0.15) is 56.7 Å². The highest BCUT2D eigenvalue weighted by Crippen LogP contribution is 2.30. The lowest BCUT2D eigenvalue weighted by Crippen LogP contribution is -2.22. The quantitative estimate of drug-likeness (QED) is 0.685. The molecule has 21 heavy (non-hydrogen) atoms. The van der Waals surface area contributed by atoms with Crippen molar-refractivity contribution >= 4 is 5.69 Å². The highest BCUT2D eigenvalue weighted by molar-refractivity contribution is 5.59. The zero-order valence-corrected chi connectivity index (χ0v) is 13.6. The Labute approximate surface area is 129 Å². The van der Waals surface area contributed by atoms with Crippen LogP contribution < -0.4 is 10.2 Å². The number of hydrogen-bond donors (Lipinski definition) is 2. The van der Waals surface area contributed by atoms with Crippen LogP contribution in [0.5, 0.6) is 0 Å². The van der Waals surface area contributed by atoms with Crippen molar-refractivity contribution in [2.75, 3.05) is 31.1 Å². The molecule has 118 valence electrons. The largest absolute Gasteiger partial charge is 0.396 e. The summed E-state index contributed by atoms with van der Waals surface area (Å²) in [7, 11) is 0. The second-order valence-corrected chi connectivity index (χ2v) is 6.09. The van der Waals surface area contributed by atoms with Crippen molar-refractivity contribution in [1.29, 1.82) is 0 Å². The molecule has 0 saturated carbocycles. The van der Waals surface area contributed by atoms with Crippen molar-refractivity contribution in [1.82, 2.24) is 5.32 Å². The molecule has 3 nitrogen and oxygen atoms in total. The molecule has 3 heteroatoms. The molecule has 1 aromatic carbocycles. The van der Waals surface area contributed by atoms with Gasteiger partial charge >= 0.3 is 0 Å². The number of nitrogens with zero attached hydrogens (tertiary/aromatic N) is 1. The Morgan fingerprint density at radius 2 is 2.14 bits per heavy atom. The monoisotopic (exact) mass is 290 g/mol. The van der Waals surface area contributed by atoms with E-state index >= 15 is 0 Å². The minimum Gasteiger partial charge on any atom is -0.396 e. The molecule has 0 amide bonds. The Kier molecular flexibility index (Phi) is 6.52. The molecule has 0 fully saturated rings. The summed E-state index contributed by atoms with van der Waals surface area (Å²) in [6.45, 7) is 8.12. The van der Waals surface area contributed by atoms with Gasteiger partial charge in [-0.3, -0.25) is 0 Å². The summed E-state index contributed by atoms with van der Waals surface area (Å²) in [5.41, 5.74) is 4.33. The van der Waals surface area contributed by atoms with E-state index in [-0.39, 0.29) is 0 Å². The van der Waals surface area contributed by atoms with E-state index in [9.17, 15) is 0 Å². The molecule has 1 unspecified atom stereocenters. The van der Waals surface area contributed by atoms with Gasteiger partial charge in [-0.25, -0.2) is 0 Å². The maximum absolute atomic E-state index is 8.84. The van der Waals surface area contributed by atoms with Crippen molar-refractivity contribution in [2.24, 2.45) is 0 Å². The molecule has 0 bridgehead atoms. The SMILES string of the molecule is CCCNC(C)c1ccc2c(c1)CCN2CCCCCO. The van der Waals surface area contributed by atoms with Gasteiger partial charge in [-0.2, -0.15) is 0 Å². The highest BCUT2D eigenvalue weighted by Gasteiger charge is 2.19. The number of aliphatic hydroxyl groups excluding tert-OH is 1. The standard InChI is InChI=1S/C18H30N2O/c1-3-10-19-15(2)16-7-8-18-17(14-16)9-12-20(18)11-5-4-6-13-21/h7-8,14-15,19,21H,3-6,9-13H2,1-2H3. The van der Waals surface area contributed by atoms with E-state index in [4.69, 9.17) is 5.11 Å². The first kappa shape index (κ1) is 16.3. The average molecular weight is 290 g/mol. The molecule has 1 aromatic rings. The average Bonchev–Trinajstić information content (AvgIpc) is 2.91. The van der Waals surface area contributed by atoms with E-state index in [1.165, 1.54) is 36.1 Å². The van der Waals surface area contributed by atoms with Gasteiger partial charge < -0.3 is 15.3 Å². The predicted molar refractivity (Wildman–Crippen MR) is 90.0 cm³/mol. The summed E-state index contributed by atoms with van der Waals surface area (Å²) in [6.07, 6.45) is 5.58. The molecular weight excluding hydrogens is 260 g/mol. The molecule has 1 heterocycles. The van der Waals surface area contributed by atoms with Gasteiger partial charge in [0.1, 0.15) is 0 Å². The lowest BCUT2D eigenvalue weighted by Gasteiger charge is -2.20. The van der Waals surface area contributed by atoms with E-state index in [1.54, 1.807) is 0 Å². The van der Waals surface area contributed by atoms with Crippen LogP contribution in [0, 0.1) is 0 Å². The summed E-state index contributed by atoms with van der Waals surface area (Å²) in [5, 5.41) is 12.4. The van der Waals surface area contributed by atoms with Crippen LogP contribution in [0.2, 0.25) is 0 Å². The van der Waals surface area contributed by atoms with Crippen LogP contribution in [0.3, 0.4) is 0 Å². The fourth-order valence-corrected chi connectivity index (χ4v) is 3.06. The van der Waals surface area contributed by atoms with Crippen molar-refractivity contribution < 1.29 is 5.11 Å². The highest BCUT2D eigenvalue weighted by atomic mass is 16.2. The normalized spacial score (nSPS) is 15.3. The number of nitrogens with one attached hydrogen (secondary N) is 1. The molecule has 1 aliphatic heterocycles. The summed E-state index contributed by atoms with van der Waals surface area (Å²) >= 11 is 0. The zero-order valence-electron chi connectivity index (χ0n) is 13.6. The first-order valence-electron chi connectivity index (χ1n) is 8.48. The van der Waals surface area contributed by atoms with Crippen LogP contribution in [-0.4, -0.2) is 31.3 Å². The maximum Gasteiger partial charge on any atom is 0.0431 e. The number of unbranched alkanes of at least 4 members (excludes halogenated alkanes) is 2. The fourth-order valence-electron chi connectivity index (χ4n) is 3.06. The first-order chi connectivity index (χ1) is 10.3. The summed E-state index contributed by atoms with van der Waals surface area (Å²) < 4.78 is 0. The van der Waals surface area contributed by atoms with E-state index in [0.29, 0.717) is 12.6 Å². The predicted octanol–water partition coefficient (Wildman–Crippen LogP) is 3.27. The van der Waals surface area contributed by atoms with E-state index in [2.05, 4.69) is 42.3 Å². The van der Waals surface area contributed by atoms with Crippen molar-refractivity contribution in [2.45, 2.75) is 52.0 Å². The van der Waals surface area contributed by atoms with E-state index in [1.807, 2.05) is 0 Å². The van der Waals surface area contributed by atoms with Gasteiger partial charge in [-0.1, -0.05) is 19.1 Å². The van der Waals surface area contributed by atoms with Crippen LogP contribution in [0.15, 0.2) is 18.2 Å². The van der Waals surface area contributed by atoms with Gasteiger partial charge in [-0.05, 0) is 62.8 Å². The Hall–Kier alpha value is -1.06. The third kappa shape index (κ3) is 4.45. The fraction of sp³-hybridized carbons (Fsp3) is 0.667. The molecule has 1 aliphatic rings. The number of anilines is 1. The second kappa shape index (κ2) is 8.40. The van der Waals surface area contributed by atoms with Crippen molar-refractivity contribution in [3.05, 3.63) is 29.3 Å². The number of hydrogen-bond acceptors (Lipinski definition) is 3. The summed E-state index contributed by atoms with van der Waals surface area (Å²) in [6, 6.07) is 7.40. The maximum atomic E-state index is 8.84. The minimum atomic E-state index is 0.322.